The first-order valence-corrected chi connectivity index (χ1v) is 8.67. The average Bonchev–Trinajstić information content (AvgIpc) is 2.72. The number of hydrogen-bond donors (Lipinski definition) is 3. The molecular weight excluding hydrogens is 396 g/mol. The Hall–Kier alpha value is -3.14. The Bertz CT molecular complexity index is 690. The van der Waals surface area contributed by atoms with Crippen LogP contribution in [-0.4, -0.2) is 15.3 Å². The quantitative estimate of drug-likeness (QED) is 0.240. The van der Waals surface area contributed by atoms with Gasteiger partial charge in [0.05, 0.1) is 0 Å². The zero-order valence-electron chi connectivity index (χ0n) is 16.1. The van der Waals surface area contributed by atoms with Crippen LogP contribution in [0.25, 0.3) is 0 Å². The molecule has 0 bridgehead atoms. The summed E-state index contributed by atoms with van der Waals surface area (Å²) in [5, 5.41) is 25.9. The third kappa shape index (κ3) is 15.6. The molecule has 0 spiro atoms. The van der Waals surface area contributed by atoms with Crippen molar-refractivity contribution in [2.45, 2.75) is 0 Å². The van der Waals surface area contributed by atoms with Crippen molar-refractivity contribution in [3.05, 3.63) is 134 Å². The molecule has 0 saturated carbocycles. The molecule has 4 aromatic carbocycles. The largest absolute Gasteiger partial charge is 0.508 e. The van der Waals surface area contributed by atoms with E-state index in [1.165, 1.54) is 0 Å². The van der Waals surface area contributed by atoms with Crippen molar-refractivity contribution in [1.82, 2.24) is 0 Å². The fourth-order valence-corrected chi connectivity index (χ4v) is 1.76. The van der Waals surface area contributed by atoms with E-state index in [-0.39, 0.29) is 21.7 Å². The number of aromatic hydroxyl groups is 3. The van der Waals surface area contributed by atoms with Crippen molar-refractivity contribution >= 4 is 0 Å². The van der Waals surface area contributed by atoms with Crippen molar-refractivity contribution in [3.8, 4) is 17.2 Å². The van der Waals surface area contributed by atoms with Crippen LogP contribution in [0.5, 0.6) is 17.2 Å². The monoisotopic (exact) mass is 421 g/mol. The van der Waals surface area contributed by atoms with Crippen molar-refractivity contribution in [2.24, 2.45) is 0 Å². The van der Waals surface area contributed by atoms with Crippen LogP contribution in [0.4, 0.5) is 0 Å². The van der Waals surface area contributed by atoms with Crippen LogP contribution < -0.4 is 0 Å². The molecule has 0 aromatic heterocycles. The van der Waals surface area contributed by atoms with E-state index in [4.69, 9.17) is 15.3 Å². The molecule has 0 fully saturated rings. The van der Waals surface area contributed by atoms with Crippen LogP contribution in [0.15, 0.2) is 121 Å². The third-order valence-electron chi connectivity index (χ3n) is 3.11. The van der Waals surface area contributed by atoms with Crippen molar-refractivity contribution < 1.29 is 37.0 Å². The second-order valence-corrected chi connectivity index (χ2v) is 5.49. The Kier molecular flexibility index (Phi) is 15.2. The minimum absolute atomic E-state index is 0. The molecule has 4 heteroatoms. The first-order valence-electron chi connectivity index (χ1n) is 8.67. The van der Waals surface area contributed by atoms with Crippen molar-refractivity contribution in [3.63, 3.8) is 0 Å². The minimum Gasteiger partial charge on any atom is -0.508 e. The molecule has 4 rings (SSSR count). The van der Waals surface area contributed by atoms with Crippen LogP contribution >= 0.6 is 0 Å². The van der Waals surface area contributed by atoms with Gasteiger partial charge < -0.3 is 15.3 Å². The smallest absolute Gasteiger partial charge is 0.115 e. The predicted octanol–water partition coefficient (Wildman–Crippen LogP) is 6.04. The molecule has 0 amide bonds. The van der Waals surface area contributed by atoms with Gasteiger partial charge in [0.25, 0.3) is 0 Å². The van der Waals surface area contributed by atoms with Crippen LogP contribution in [0.2, 0.25) is 0 Å². The van der Waals surface area contributed by atoms with E-state index in [1.807, 2.05) is 48.5 Å². The molecule has 3 N–H and O–H groups in total. The molecule has 148 valence electrons. The molecule has 0 aliphatic rings. The van der Waals surface area contributed by atoms with Crippen LogP contribution in [0.3, 0.4) is 0 Å². The van der Waals surface area contributed by atoms with E-state index in [2.05, 4.69) is 6.92 Å². The van der Waals surface area contributed by atoms with Crippen LogP contribution in [-0.2, 0) is 21.7 Å². The summed E-state index contributed by atoms with van der Waals surface area (Å²) in [4.78, 5) is 0. The van der Waals surface area contributed by atoms with E-state index in [0.717, 1.165) is 5.56 Å². The van der Waals surface area contributed by atoms with Gasteiger partial charge in [-0.05, 0) is 36.4 Å². The Morgan fingerprint density at radius 1 is 0.379 bits per heavy atom. The fraction of sp³-hybridized carbons (Fsp3) is 0. The summed E-state index contributed by atoms with van der Waals surface area (Å²) >= 11 is 0. The van der Waals surface area contributed by atoms with Gasteiger partial charge in [-0.3, -0.25) is 0 Å². The summed E-state index contributed by atoms with van der Waals surface area (Å²) in [5.41, 5.74) is 1.07. The fourth-order valence-electron chi connectivity index (χ4n) is 1.76. The van der Waals surface area contributed by atoms with Crippen molar-refractivity contribution in [1.29, 1.82) is 0 Å². The molecule has 0 heterocycles. The third-order valence-corrected chi connectivity index (χ3v) is 3.11. The normalized spacial score (nSPS) is 8.28. The number of phenolic OH excluding ortho intramolecular Hbond substituents is 3. The van der Waals surface area contributed by atoms with Gasteiger partial charge >= 0.3 is 0 Å². The standard InChI is InChI=1S/C7H7.3C6H6O.Ti/c1-7-5-3-2-4-6-7;3*7-6-4-2-1-3-5-6;/h2-6H,1H2;3*1-5,7H;/q-1;;;;. The number of benzene rings is 4. The molecule has 0 aliphatic heterocycles. The zero-order chi connectivity index (χ0) is 20.5. The summed E-state index contributed by atoms with van der Waals surface area (Å²) in [6.07, 6.45) is 0. The van der Waals surface area contributed by atoms with Gasteiger partial charge in [0.15, 0.2) is 0 Å². The topological polar surface area (TPSA) is 60.7 Å². The summed E-state index contributed by atoms with van der Waals surface area (Å²) in [6, 6.07) is 36.0. The molecule has 29 heavy (non-hydrogen) atoms. The van der Waals surface area contributed by atoms with Gasteiger partial charge in [-0.1, -0.05) is 60.7 Å². The zero-order valence-corrected chi connectivity index (χ0v) is 17.7. The molecule has 0 saturated heterocycles. The Balaban J connectivity index is 0.000000356. The van der Waals surface area contributed by atoms with E-state index >= 15 is 0 Å². The number of phenols is 3. The van der Waals surface area contributed by atoms with Crippen LogP contribution in [0.1, 0.15) is 5.56 Å². The van der Waals surface area contributed by atoms with Gasteiger partial charge in [-0.2, -0.15) is 24.6 Å². The maximum Gasteiger partial charge on any atom is 0.115 e. The number of hydrogen-bond acceptors (Lipinski definition) is 3. The minimum atomic E-state index is 0. The summed E-state index contributed by atoms with van der Waals surface area (Å²) in [6.45, 7) is 3.72. The van der Waals surface area contributed by atoms with E-state index in [9.17, 15) is 0 Å². The van der Waals surface area contributed by atoms with E-state index < -0.39 is 0 Å². The Labute approximate surface area is 187 Å². The van der Waals surface area contributed by atoms with Gasteiger partial charge in [0.2, 0.25) is 0 Å². The molecular formula is C25H25O3Ti-. The number of para-hydroxylation sites is 3. The van der Waals surface area contributed by atoms with Crippen molar-refractivity contribution in [2.75, 3.05) is 0 Å². The molecule has 0 aliphatic carbocycles. The molecule has 4 aromatic rings. The van der Waals surface area contributed by atoms with E-state index in [1.54, 1.807) is 72.8 Å². The predicted molar refractivity (Wildman–Crippen MR) is 115 cm³/mol. The molecule has 0 unspecified atom stereocenters. The summed E-state index contributed by atoms with van der Waals surface area (Å²) < 4.78 is 0. The van der Waals surface area contributed by atoms with Gasteiger partial charge in [-0.25, -0.2) is 0 Å². The van der Waals surface area contributed by atoms with Crippen LogP contribution in [0, 0.1) is 6.92 Å². The first-order chi connectivity index (χ1) is 13.6. The molecule has 3 nitrogen and oxygen atoms in total. The second-order valence-electron chi connectivity index (χ2n) is 5.49. The molecule has 0 atom stereocenters. The summed E-state index contributed by atoms with van der Waals surface area (Å²) in [5.74, 6) is 0.965. The summed E-state index contributed by atoms with van der Waals surface area (Å²) in [7, 11) is 0. The first kappa shape index (κ1) is 25.9. The van der Waals surface area contributed by atoms with Gasteiger partial charge in [-0.15, -0.1) is 12.1 Å². The Morgan fingerprint density at radius 2 is 0.586 bits per heavy atom. The second kappa shape index (κ2) is 17.0. The maximum absolute atomic E-state index is 8.63. The SMILES string of the molecule is Oc1ccccc1.Oc1ccccc1.Oc1ccccc1.[CH2-]c1ccccc1.[Ti]. The van der Waals surface area contributed by atoms with Gasteiger partial charge in [0.1, 0.15) is 17.2 Å². The maximum atomic E-state index is 8.63. The molecule has 0 radical (unpaired) electrons. The Morgan fingerprint density at radius 3 is 0.690 bits per heavy atom. The number of rotatable bonds is 0. The average molecular weight is 421 g/mol. The van der Waals surface area contributed by atoms with Gasteiger partial charge in [0, 0.05) is 21.7 Å². The van der Waals surface area contributed by atoms with E-state index in [0.29, 0.717) is 17.2 Å².